The van der Waals surface area contributed by atoms with Crippen LogP contribution in [0.25, 0.3) is 0 Å². The normalized spacial score (nSPS) is 17.3. The van der Waals surface area contributed by atoms with E-state index in [4.69, 9.17) is 16.7 Å². The van der Waals surface area contributed by atoms with Crippen molar-refractivity contribution >= 4 is 34.0 Å². The summed E-state index contributed by atoms with van der Waals surface area (Å²) in [5.41, 5.74) is 0.177. The highest BCUT2D eigenvalue weighted by Gasteiger charge is 2.40. The van der Waals surface area contributed by atoms with Gasteiger partial charge in [0.15, 0.2) is 15.2 Å². The Kier molecular flexibility index (Phi) is 4.03. The molecule has 2 rings (SSSR count). The summed E-state index contributed by atoms with van der Waals surface area (Å²) in [6.45, 7) is 0.836. The zero-order valence-corrected chi connectivity index (χ0v) is 12.9. The van der Waals surface area contributed by atoms with Crippen LogP contribution in [-0.2, 0) is 0 Å². The number of carbonyl (C=O) groups is 1. The minimum atomic E-state index is -1.02. The summed E-state index contributed by atoms with van der Waals surface area (Å²) in [4.78, 5) is 19.5. The van der Waals surface area contributed by atoms with Gasteiger partial charge in [0.1, 0.15) is 0 Å². The summed E-state index contributed by atoms with van der Waals surface area (Å²) >= 11 is 6.97. The number of aromatic carboxylic acids is 1. The zero-order chi connectivity index (χ0) is 14.2. The Labute approximate surface area is 121 Å². The van der Waals surface area contributed by atoms with Gasteiger partial charge < -0.3 is 14.9 Å². The van der Waals surface area contributed by atoms with Crippen LogP contribution in [0.1, 0.15) is 28.9 Å². The molecule has 1 aromatic rings. The number of rotatable bonds is 5. The molecule has 1 N–H and O–H groups in total. The monoisotopic (exact) mass is 303 g/mol. The molecule has 0 aromatic carbocycles. The first-order valence-corrected chi connectivity index (χ1v) is 7.33. The molecule has 5 nitrogen and oxygen atoms in total. The molecule has 1 aromatic heterocycles. The molecule has 0 bridgehead atoms. The van der Waals surface area contributed by atoms with Gasteiger partial charge in [0.2, 0.25) is 0 Å². The highest BCUT2D eigenvalue weighted by molar-refractivity contribution is 7.18. The van der Waals surface area contributed by atoms with Gasteiger partial charge in [-0.3, -0.25) is 0 Å². The number of likely N-dealkylation sites (N-methyl/N-ethyl adjacent to an activating group) is 2. The number of carboxylic acids is 1. The summed E-state index contributed by atoms with van der Waals surface area (Å²) in [6.07, 6.45) is 3.56. The molecule has 1 fully saturated rings. The summed E-state index contributed by atoms with van der Waals surface area (Å²) < 4.78 is 0. The van der Waals surface area contributed by atoms with E-state index in [9.17, 15) is 4.79 Å². The minimum Gasteiger partial charge on any atom is -0.477 e. The smallest absolute Gasteiger partial charge is 0.349 e. The highest BCUT2D eigenvalue weighted by Crippen LogP contribution is 2.38. The summed E-state index contributed by atoms with van der Waals surface area (Å²) in [7, 11) is 6.11. The first kappa shape index (κ1) is 14.6. The van der Waals surface area contributed by atoms with Gasteiger partial charge in [-0.2, -0.15) is 0 Å². The van der Waals surface area contributed by atoms with E-state index in [0.29, 0.717) is 5.13 Å². The van der Waals surface area contributed by atoms with Gasteiger partial charge in [-0.1, -0.05) is 22.9 Å². The maximum atomic E-state index is 11.0. The van der Waals surface area contributed by atoms with Crippen molar-refractivity contribution in [3.63, 3.8) is 0 Å². The van der Waals surface area contributed by atoms with Crippen molar-refractivity contribution < 1.29 is 9.90 Å². The lowest BCUT2D eigenvalue weighted by atomic mass is 9.75. The topological polar surface area (TPSA) is 56.7 Å². The van der Waals surface area contributed by atoms with Crippen molar-refractivity contribution in [3.8, 4) is 0 Å². The molecule has 1 saturated carbocycles. The molecule has 1 aliphatic rings. The fraction of sp³-hybridized carbons (Fsp3) is 0.667. The Bertz CT molecular complexity index is 485. The van der Waals surface area contributed by atoms with Crippen LogP contribution in [0.3, 0.4) is 0 Å². The molecule has 1 heterocycles. The van der Waals surface area contributed by atoms with E-state index in [2.05, 4.69) is 24.0 Å². The molecule has 0 atom stereocenters. The van der Waals surface area contributed by atoms with Gasteiger partial charge in [0.25, 0.3) is 0 Å². The molecular formula is C12H18ClN3O2S. The van der Waals surface area contributed by atoms with E-state index in [0.717, 1.165) is 30.7 Å². The molecule has 1 aliphatic carbocycles. The van der Waals surface area contributed by atoms with Crippen molar-refractivity contribution in [1.29, 1.82) is 0 Å². The Morgan fingerprint density at radius 1 is 1.47 bits per heavy atom. The van der Waals surface area contributed by atoms with Crippen molar-refractivity contribution in [2.24, 2.45) is 0 Å². The second kappa shape index (κ2) is 5.26. The second-order valence-electron chi connectivity index (χ2n) is 5.25. The fourth-order valence-corrected chi connectivity index (χ4v) is 3.51. The first-order chi connectivity index (χ1) is 8.85. The van der Waals surface area contributed by atoms with Gasteiger partial charge in [-0.15, -0.1) is 0 Å². The molecule has 0 unspecified atom stereocenters. The molecule has 0 radical (unpaired) electrons. The summed E-state index contributed by atoms with van der Waals surface area (Å²) in [5.74, 6) is -1.02. The van der Waals surface area contributed by atoms with E-state index in [1.807, 2.05) is 11.9 Å². The largest absolute Gasteiger partial charge is 0.477 e. The van der Waals surface area contributed by atoms with Crippen LogP contribution in [-0.4, -0.2) is 54.2 Å². The SMILES string of the molecule is CN(CC1(N(C)C)CCC1)c1nc(Cl)c(C(=O)O)s1. The lowest BCUT2D eigenvalue weighted by Crippen LogP contribution is -2.56. The van der Waals surface area contributed by atoms with E-state index in [1.54, 1.807) is 0 Å². The summed E-state index contributed by atoms with van der Waals surface area (Å²) in [6, 6.07) is 0. The highest BCUT2D eigenvalue weighted by atomic mass is 35.5. The van der Waals surface area contributed by atoms with Crippen LogP contribution in [0.4, 0.5) is 5.13 Å². The van der Waals surface area contributed by atoms with Crippen molar-refractivity contribution in [2.45, 2.75) is 24.8 Å². The lowest BCUT2D eigenvalue weighted by Gasteiger charge is -2.49. The summed E-state index contributed by atoms with van der Waals surface area (Å²) in [5, 5.41) is 9.74. The van der Waals surface area contributed by atoms with E-state index >= 15 is 0 Å². The van der Waals surface area contributed by atoms with E-state index in [1.165, 1.54) is 6.42 Å². The number of anilines is 1. The lowest BCUT2D eigenvalue weighted by molar-refractivity contribution is 0.0683. The van der Waals surface area contributed by atoms with Gasteiger partial charge in [-0.05, 0) is 33.4 Å². The van der Waals surface area contributed by atoms with Crippen LogP contribution in [0, 0.1) is 0 Å². The fourth-order valence-electron chi connectivity index (χ4n) is 2.43. The van der Waals surface area contributed by atoms with Gasteiger partial charge in [0, 0.05) is 19.1 Å². The predicted molar refractivity (Wildman–Crippen MR) is 77.6 cm³/mol. The van der Waals surface area contributed by atoms with Crippen molar-refractivity contribution in [2.75, 3.05) is 32.6 Å². The van der Waals surface area contributed by atoms with E-state index in [-0.39, 0.29) is 15.6 Å². The number of halogens is 1. The van der Waals surface area contributed by atoms with Crippen LogP contribution in [0.5, 0.6) is 0 Å². The zero-order valence-electron chi connectivity index (χ0n) is 11.3. The second-order valence-corrected chi connectivity index (χ2v) is 6.59. The maximum Gasteiger partial charge on any atom is 0.349 e. The number of hydrogen-bond donors (Lipinski definition) is 1. The van der Waals surface area contributed by atoms with Gasteiger partial charge >= 0.3 is 5.97 Å². The van der Waals surface area contributed by atoms with Gasteiger partial charge in [-0.25, -0.2) is 9.78 Å². The van der Waals surface area contributed by atoms with Crippen molar-refractivity contribution in [1.82, 2.24) is 9.88 Å². The minimum absolute atomic E-state index is 0.0758. The van der Waals surface area contributed by atoms with Crippen LogP contribution < -0.4 is 4.90 Å². The third-order valence-electron chi connectivity index (χ3n) is 3.86. The number of thiazole rings is 1. The predicted octanol–water partition coefficient (Wildman–Crippen LogP) is 2.42. The molecule has 19 heavy (non-hydrogen) atoms. The Morgan fingerprint density at radius 2 is 2.11 bits per heavy atom. The number of carboxylic acid groups (broad SMARTS) is 1. The first-order valence-electron chi connectivity index (χ1n) is 6.14. The average molecular weight is 304 g/mol. The number of nitrogens with zero attached hydrogens (tertiary/aromatic N) is 3. The Hall–Kier alpha value is -0.850. The molecule has 7 heteroatoms. The number of hydrogen-bond acceptors (Lipinski definition) is 5. The Morgan fingerprint density at radius 3 is 2.47 bits per heavy atom. The van der Waals surface area contributed by atoms with Crippen LogP contribution >= 0.6 is 22.9 Å². The molecule has 0 saturated heterocycles. The van der Waals surface area contributed by atoms with Gasteiger partial charge in [0.05, 0.1) is 0 Å². The molecular weight excluding hydrogens is 286 g/mol. The standard InChI is InChI=1S/C12H18ClN3O2S/c1-15(2)12(5-4-6-12)7-16(3)11-14-9(13)8(19-11)10(17)18/h4-7H2,1-3H3,(H,17,18). The molecule has 0 amide bonds. The Balaban J connectivity index is 2.14. The average Bonchev–Trinajstić information content (AvgIpc) is 2.65. The third kappa shape index (κ3) is 2.70. The molecule has 0 aliphatic heterocycles. The molecule has 0 spiro atoms. The van der Waals surface area contributed by atoms with Crippen LogP contribution in [0.2, 0.25) is 5.15 Å². The van der Waals surface area contributed by atoms with Crippen molar-refractivity contribution in [3.05, 3.63) is 10.0 Å². The van der Waals surface area contributed by atoms with Crippen LogP contribution in [0.15, 0.2) is 0 Å². The molecule has 106 valence electrons. The quantitative estimate of drug-likeness (QED) is 0.905. The number of aromatic nitrogens is 1. The third-order valence-corrected chi connectivity index (χ3v) is 5.40. The van der Waals surface area contributed by atoms with E-state index < -0.39 is 5.97 Å². The maximum absolute atomic E-state index is 11.0.